The van der Waals surface area contributed by atoms with Crippen LogP contribution in [-0.2, 0) is 14.8 Å². The van der Waals surface area contributed by atoms with Crippen LogP contribution >= 0.6 is 11.3 Å². The molecule has 2 heterocycles. The molecule has 0 radical (unpaired) electrons. The number of aryl methyl sites for hydroxylation is 1. The zero-order chi connectivity index (χ0) is 20.6. The summed E-state index contributed by atoms with van der Waals surface area (Å²) in [6, 6.07) is 12.0. The second kappa shape index (κ2) is 7.30. The smallest absolute Gasteiger partial charge is 0.300 e. The van der Waals surface area contributed by atoms with Crippen molar-refractivity contribution in [3.05, 3.63) is 65.7 Å². The Morgan fingerprint density at radius 1 is 1.10 bits per heavy atom. The van der Waals surface area contributed by atoms with Gasteiger partial charge in [-0.15, -0.1) is 11.3 Å². The molecule has 0 atom stereocenters. The van der Waals surface area contributed by atoms with E-state index >= 15 is 0 Å². The molecular weight excluding hydrogens is 412 g/mol. The van der Waals surface area contributed by atoms with Crippen molar-refractivity contribution in [2.45, 2.75) is 11.8 Å². The van der Waals surface area contributed by atoms with Crippen LogP contribution in [0.25, 0.3) is 0 Å². The number of hydrogen-bond acceptors (Lipinski definition) is 6. The number of hydrogen-bond donors (Lipinski definition) is 1. The first kappa shape index (κ1) is 19.1. The topological polar surface area (TPSA) is 99.7 Å². The average molecular weight is 428 g/mol. The molecule has 148 valence electrons. The number of nitrogens with one attached hydrogen (secondary N) is 1. The van der Waals surface area contributed by atoms with E-state index in [1.165, 1.54) is 23.5 Å². The van der Waals surface area contributed by atoms with Crippen molar-refractivity contribution in [3.63, 3.8) is 0 Å². The van der Waals surface area contributed by atoms with Crippen LogP contribution in [0.2, 0.25) is 0 Å². The lowest BCUT2D eigenvalue weighted by Crippen LogP contribution is -2.53. The van der Waals surface area contributed by atoms with E-state index in [-0.39, 0.29) is 22.8 Å². The highest BCUT2D eigenvalue weighted by molar-refractivity contribution is 7.94. The minimum atomic E-state index is -4.13. The van der Waals surface area contributed by atoms with Gasteiger partial charge in [-0.1, -0.05) is 30.3 Å². The van der Waals surface area contributed by atoms with Gasteiger partial charge in [0.1, 0.15) is 11.4 Å². The van der Waals surface area contributed by atoms with Crippen LogP contribution in [-0.4, -0.2) is 31.9 Å². The summed E-state index contributed by atoms with van der Waals surface area (Å²) in [6.45, 7) is 1.37. The van der Waals surface area contributed by atoms with Crippen LogP contribution < -0.4 is 14.5 Å². The van der Waals surface area contributed by atoms with E-state index in [1.807, 2.05) is 0 Å². The number of carbonyl (C=O) groups excluding carboxylic acids is 2. The van der Waals surface area contributed by atoms with Gasteiger partial charge in [-0.3, -0.25) is 9.69 Å². The minimum absolute atomic E-state index is 0.0371. The number of amides is 3. The summed E-state index contributed by atoms with van der Waals surface area (Å²) in [6.07, 6.45) is 1.55. The number of rotatable bonds is 4. The Balaban J connectivity index is 1.78. The van der Waals surface area contributed by atoms with Gasteiger partial charge < -0.3 is 5.32 Å². The molecule has 4 rings (SSSR count). The molecule has 0 aliphatic carbocycles. The number of sulfonamides is 1. The van der Waals surface area contributed by atoms with Gasteiger partial charge in [0.15, 0.2) is 5.13 Å². The van der Waals surface area contributed by atoms with Crippen molar-refractivity contribution >= 4 is 49.8 Å². The Hall–Kier alpha value is -3.24. The van der Waals surface area contributed by atoms with Gasteiger partial charge in [0.25, 0.3) is 10.0 Å². The summed E-state index contributed by atoms with van der Waals surface area (Å²) >= 11 is 1.25. The SMILES string of the molecule is Cc1ccccc1N1C(=O)N(CC(=O)Nc2nccs2)c2ccccc2S1(=O)=O. The largest absolute Gasteiger partial charge is 0.343 e. The number of benzene rings is 2. The van der Waals surface area contributed by atoms with Gasteiger partial charge in [0, 0.05) is 11.6 Å². The molecule has 0 saturated carbocycles. The third-order valence-electron chi connectivity index (χ3n) is 4.39. The zero-order valence-corrected chi connectivity index (χ0v) is 16.9. The summed E-state index contributed by atoms with van der Waals surface area (Å²) in [5.74, 6) is -0.480. The molecule has 1 N–H and O–H groups in total. The van der Waals surface area contributed by atoms with Crippen molar-refractivity contribution in [3.8, 4) is 0 Å². The fraction of sp³-hybridized carbons (Fsp3) is 0.105. The quantitative estimate of drug-likeness (QED) is 0.688. The van der Waals surface area contributed by atoms with Crippen LogP contribution in [0.3, 0.4) is 0 Å². The maximum Gasteiger partial charge on any atom is 0.343 e. The van der Waals surface area contributed by atoms with Crippen LogP contribution in [0.4, 0.5) is 21.3 Å². The molecule has 3 aromatic rings. The number of fused-ring (bicyclic) bond motifs is 1. The monoisotopic (exact) mass is 428 g/mol. The van der Waals surface area contributed by atoms with Crippen LogP contribution in [0.15, 0.2) is 65.0 Å². The van der Waals surface area contributed by atoms with E-state index in [0.717, 1.165) is 9.21 Å². The normalized spacial score (nSPS) is 15.1. The van der Waals surface area contributed by atoms with Crippen molar-refractivity contribution in [2.75, 3.05) is 21.1 Å². The molecule has 1 aromatic heterocycles. The first-order valence-corrected chi connectivity index (χ1v) is 10.9. The van der Waals surface area contributed by atoms with Crippen LogP contribution in [0.1, 0.15) is 5.56 Å². The molecule has 0 unspecified atom stereocenters. The third-order valence-corrected chi connectivity index (χ3v) is 6.82. The summed E-state index contributed by atoms with van der Waals surface area (Å²) in [7, 11) is -4.13. The minimum Gasteiger partial charge on any atom is -0.300 e. The third kappa shape index (κ3) is 3.36. The van der Waals surface area contributed by atoms with Gasteiger partial charge >= 0.3 is 6.03 Å². The Morgan fingerprint density at radius 3 is 2.48 bits per heavy atom. The number of thiazole rings is 1. The predicted octanol–water partition coefficient (Wildman–Crippen LogP) is 3.23. The fourth-order valence-corrected chi connectivity index (χ4v) is 5.28. The Bertz CT molecular complexity index is 1190. The number of carbonyl (C=O) groups is 2. The molecule has 1 aliphatic heterocycles. The van der Waals surface area contributed by atoms with Crippen molar-refractivity contribution in [1.29, 1.82) is 0 Å². The van der Waals surface area contributed by atoms with Crippen molar-refractivity contribution in [1.82, 2.24) is 4.98 Å². The molecule has 10 heteroatoms. The molecule has 0 bridgehead atoms. The maximum atomic E-state index is 13.3. The average Bonchev–Trinajstić information content (AvgIpc) is 3.19. The summed E-state index contributed by atoms with van der Waals surface area (Å²) < 4.78 is 27.2. The van der Waals surface area contributed by atoms with E-state index in [2.05, 4.69) is 10.3 Å². The number of nitrogens with zero attached hydrogens (tertiary/aromatic N) is 3. The first-order chi connectivity index (χ1) is 13.9. The molecule has 8 nitrogen and oxygen atoms in total. The summed E-state index contributed by atoms with van der Waals surface area (Å²) in [5.41, 5.74) is 1.03. The first-order valence-electron chi connectivity index (χ1n) is 8.60. The van der Waals surface area contributed by atoms with Crippen molar-refractivity contribution < 1.29 is 18.0 Å². The standard InChI is InChI=1S/C19H16N4O4S2/c1-13-6-2-3-7-14(13)23-19(25)22(12-17(24)21-18-20-10-11-28-18)15-8-4-5-9-16(15)29(23,26)27/h2-11H,12H2,1H3,(H,20,21,24). The van der Waals surface area contributed by atoms with E-state index in [0.29, 0.717) is 10.7 Å². The number of para-hydroxylation sites is 2. The van der Waals surface area contributed by atoms with Crippen molar-refractivity contribution in [2.24, 2.45) is 0 Å². The molecular formula is C19H16N4O4S2. The van der Waals surface area contributed by atoms with Gasteiger partial charge in [-0.25, -0.2) is 18.2 Å². The molecule has 0 fully saturated rings. The second-order valence-corrected chi connectivity index (χ2v) is 8.93. The van der Waals surface area contributed by atoms with Gasteiger partial charge in [-0.05, 0) is 30.7 Å². The molecule has 3 amide bonds. The van der Waals surface area contributed by atoms with Crippen LogP contribution in [0, 0.1) is 6.92 Å². The van der Waals surface area contributed by atoms with Gasteiger partial charge in [0.05, 0.1) is 11.4 Å². The highest BCUT2D eigenvalue weighted by Crippen LogP contribution is 2.38. The second-order valence-electron chi connectivity index (χ2n) is 6.28. The van der Waals surface area contributed by atoms with E-state index in [9.17, 15) is 18.0 Å². The molecule has 0 saturated heterocycles. The Labute approximate surface area is 171 Å². The predicted molar refractivity (Wildman–Crippen MR) is 111 cm³/mol. The number of aromatic nitrogens is 1. The van der Waals surface area contributed by atoms with E-state index < -0.39 is 22.0 Å². The summed E-state index contributed by atoms with van der Waals surface area (Å²) in [5, 5.41) is 4.72. The molecule has 29 heavy (non-hydrogen) atoms. The molecule has 1 aliphatic rings. The summed E-state index contributed by atoms with van der Waals surface area (Å²) in [4.78, 5) is 30.9. The van der Waals surface area contributed by atoms with E-state index in [1.54, 1.807) is 54.9 Å². The lowest BCUT2D eigenvalue weighted by Gasteiger charge is -2.36. The Kier molecular flexibility index (Phi) is 4.81. The Morgan fingerprint density at radius 2 is 1.79 bits per heavy atom. The highest BCUT2D eigenvalue weighted by atomic mass is 32.2. The fourth-order valence-electron chi connectivity index (χ4n) is 3.08. The zero-order valence-electron chi connectivity index (χ0n) is 15.3. The maximum absolute atomic E-state index is 13.3. The van der Waals surface area contributed by atoms with E-state index in [4.69, 9.17) is 0 Å². The highest BCUT2D eigenvalue weighted by Gasteiger charge is 2.43. The number of anilines is 3. The number of urea groups is 1. The molecule has 0 spiro atoms. The molecule has 2 aromatic carbocycles. The lowest BCUT2D eigenvalue weighted by atomic mass is 10.2. The van der Waals surface area contributed by atoms with Crippen LogP contribution in [0.5, 0.6) is 0 Å². The van der Waals surface area contributed by atoms with Gasteiger partial charge in [0.2, 0.25) is 5.91 Å². The lowest BCUT2D eigenvalue weighted by molar-refractivity contribution is -0.114. The van der Waals surface area contributed by atoms with Gasteiger partial charge in [-0.2, -0.15) is 4.31 Å².